The Bertz CT molecular complexity index is 516. The van der Waals surface area contributed by atoms with Crippen LogP contribution >= 0.6 is 11.6 Å². The summed E-state index contributed by atoms with van der Waals surface area (Å²) in [5, 5.41) is 6.17. The largest absolute Gasteiger partial charge is 0.375 e. The third-order valence-corrected chi connectivity index (χ3v) is 3.27. The summed E-state index contributed by atoms with van der Waals surface area (Å²) < 4.78 is 5.45. The van der Waals surface area contributed by atoms with Crippen molar-refractivity contribution in [3.63, 3.8) is 0 Å². The van der Waals surface area contributed by atoms with Gasteiger partial charge in [0.1, 0.15) is 0 Å². The number of rotatable bonds is 4. The molecule has 1 fully saturated rings. The van der Waals surface area contributed by atoms with Gasteiger partial charge in [-0.05, 0) is 18.2 Å². The molecule has 0 aliphatic carbocycles. The third-order valence-electron chi connectivity index (χ3n) is 2.94. The van der Waals surface area contributed by atoms with Crippen molar-refractivity contribution in [2.75, 3.05) is 25.0 Å². The van der Waals surface area contributed by atoms with E-state index in [1.165, 1.54) is 18.2 Å². The highest BCUT2D eigenvalue weighted by molar-refractivity contribution is 6.33. The second-order valence-corrected chi connectivity index (χ2v) is 4.92. The number of hydrogen-bond donors (Lipinski definition) is 3. The molecule has 1 saturated heterocycles. The maximum atomic E-state index is 11.9. The first kappa shape index (κ1) is 14.8. The van der Waals surface area contributed by atoms with Crippen LogP contribution in [0.2, 0.25) is 5.02 Å². The second-order valence-electron chi connectivity index (χ2n) is 4.51. The molecule has 1 aromatic rings. The molecular weight excluding hydrogens is 282 g/mol. The molecule has 4 N–H and O–H groups in total. The maximum absolute atomic E-state index is 11.9. The van der Waals surface area contributed by atoms with Crippen LogP contribution in [0.25, 0.3) is 0 Å². The summed E-state index contributed by atoms with van der Waals surface area (Å²) >= 11 is 5.98. The Morgan fingerprint density at radius 1 is 1.50 bits per heavy atom. The molecule has 1 unspecified atom stereocenters. The van der Waals surface area contributed by atoms with Crippen LogP contribution in [-0.4, -0.2) is 37.6 Å². The minimum atomic E-state index is -0.572. The standard InChI is InChI=1S/C13H16ClN3O3/c14-10-2-1-8(13(15)19)5-11(10)17-12(18)6-9-7-16-3-4-20-9/h1-2,5,9,16H,3-4,6-7H2,(H2,15,19)(H,17,18). The zero-order chi connectivity index (χ0) is 14.5. The summed E-state index contributed by atoms with van der Waals surface area (Å²) in [5.74, 6) is -0.792. The van der Waals surface area contributed by atoms with Crippen LogP contribution in [0.5, 0.6) is 0 Å². The zero-order valence-electron chi connectivity index (χ0n) is 10.8. The predicted octanol–water partition coefficient (Wildman–Crippen LogP) is 0.756. The Morgan fingerprint density at radius 2 is 2.30 bits per heavy atom. The molecule has 1 atom stereocenters. The summed E-state index contributed by atoms with van der Waals surface area (Å²) in [7, 11) is 0. The molecule has 2 rings (SSSR count). The molecule has 1 aliphatic rings. The van der Waals surface area contributed by atoms with Crippen LogP contribution in [-0.2, 0) is 9.53 Å². The van der Waals surface area contributed by atoms with E-state index < -0.39 is 5.91 Å². The van der Waals surface area contributed by atoms with Crippen molar-refractivity contribution in [3.05, 3.63) is 28.8 Å². The molecule has 1 aromatic carbocycles. The molecule has 108 valence electrons. The highest BCUT2D eigenvalue weighted by Crippen LogP contribution is 2.23. The lowest BCUT2D eigenvalue weighted by atomic mass is 10.1. The van der Waals surface area contributed by atoms with Crippen molar-refractivity contribution < 1.29 is 14.3 Å². The van der Waals surface area contributed by atoms with E-state index >= 15 is 0 Å². The molecule has 1 heterocycles. The van der Waals surface area contributed by atoms with Crippen molar-refractivity contribution in [2.24, 2.45) is 5.73 Å². The molecule has 0 bridgehead atoms. The molecule has 1 aliphatic heterocycles. The third kappa shape index (κ3) is 3.93. The Labute approximate surface area is 121 Å². The number of nitrogens with two attached hydrogens (primary N) is 1. The zero-order valence-corrected chi connectivity index (χ0v) is 11.6. The van der Waals surface area contributed by atoms with Gasteiger partial charge in [-0.15, -0.1) is 0 Å². The molecule has 0 saturated carbocycles. The van der Waals surface area contributed by atoms with E-state index in [4.69, 9.17) is 22.1 Å². The van der Waals surface area contributed by atoms with Crippen molar-refractivity contribution in [2.45, 2.75) is 12.5 Å². The van der Waals surface area contributed by atoms with Gasteiger partial charge in [0.15, 0.2) is 0 Å². The van der Waals surface area contributed by atoms with E-state index in [1.54, 1.807) is 0 Å². The van der Waals surface area contributed by atoms with Crippen LogP contribution < -0.4 is 16.4 Å². The van der Waals surface area contributed by atoms with Crippen LogP contribution in [0.4, 0.5) is 5.69 Å². The van der Waals surface area contributed by atoms with E-state index in [0.717, 1.165) is 6.54 Å². The smallest absolute Gasteiger partial charge is 0.248 e. The quantitative estimate of drug-likeness (QED) is 0.765. The van der Waals surface area contributed by atoms with Crippen molar-refractivity contribution in [1.29, 1.82) is 0 Å². The van der Waals surface area contributed by atoms with Gasteiger partial charge in [-0.3, -0.25) is 9.59 Å². The van der Waals surface area contributed by atoms with Crippen LogP contribution in [0.1, 0.15) is 16.8 Å². The van der Waals surface area contributed by atoms with Crippen molar-refractivity contribution in [1.82, 2.24) is 5.32 Å². The number of benzene rings is 1. The minimum Gasteiger partial charge on any atom is -0.375 e. The normalized spacial score (nSPS) is 18.6. The van der Waals surface area contributed by atoms with Crippen LogP contribution in [0, 0.1) is 0 Å². The van der Waals surface area contributed by atoms with E-state index in [1.807, 2.05) is 0 Å². The van der Waals surface area contributed by atoms with Gasteiger partial charge in [0.05, 0.1) is 29.8 Å². The topological polar surface area (TPSA) is 93.5 Å². The first-order chi connectivity index (χ1) is 9.56. The average Bonchev–Trinajstić information content (AvgIpc) is 2.42. The Morgan fingerprint density at radius 3 is 2.95 bits per heavy atom. The number of halogens is 1. The number of amides is 2. The van der Waals surface area contributed by atoms with Crippen LogP contribution in [0.3, 0.4) is 0 Å². The summed E-state index contributed by atoms with van der Waals surface area (Å²) in [4.78, 5) is 23.0. The lowest BCUT2D eigenvalue weighted by Crippen LogP contribution is -2.40. The van der Waals surface area contributed by atoms with E-state index in [-0.39, 0.29) is 18.4 Å². The summed E-state index contributed by atoms with van der Waals surface area (Å²) in [6.07, 6.45) is 0.0753. The molecule has 0 aromatic heterocycles. The lowest BCUT2D eigenvalue weighted by molar-refractivity contribution is -0.119. The Balaban J connectivity index is 1.99. The number of nitrogens with one attached hydrogen (secondary N) is 2. The predicted molar refractivity (Wildman–Crippen MR) is 75.8 cm³/mol. The molecule has 20 heavy (non-hydrogen) atoms. The summed E-state index contributed by atoms with van der Waals surface area (Å²) in [6.45, 7) is 2.03. The molecule has 0 radical (unpaired) electrons. The second kappa shape index (κ2) is 6.69. The number of anilines is 1. The van der Waals surface area contributed by atoms with Gasteiger partial charge in [-0.1, -0.05) is 11.6 Å². The highest BCUT2D eigenvalue weighted by atomic mass is 35.5. The molecule has 2 amide bonds. The SMILES string of the molecule is NC(=O)c1ccc(Cl)c(NC(=O)CC2CNCCO2)c1. The first-order valence-corrected chi connectivity index (χ1v) is 6.65. The lowest BCUT2D eigenvalue weighted by Gasteiger charge is -2.23. The van der Waals surface area contributed by atoms with Gasteiger partial charge in [-0.25, -0.2) is 0 Å². The number of hydrogen-bond acceptors (Lipinski definition) is 4. The van der Waals surface area contributed by atoms with E-state index in [9.17, 15) is 9.59 Å². The fourth-order valence-corrected chi connectivity index (χ4v) is 2.10. The van der Waals surface area contributed by atoms with Gasteiger partial charge < -0.3 is 21.1 Å². The van der Waals surface area contributed by atoms with Gasteiger partial charge in [0, 0.05) is 18.7 Å². The molecule has 7 heteroatoms. The number of morpholine rings is 1. The number of ether oxygens (including phenoxy) is 1. The first-order valence-electron chi connectivity index (χ1n) is 6.28. The fraction of sp³-hybridized carbons (Fsp3) is 0.385. The van der Waals surface area contributed by atoms with E-state index in [0.29, 0.717) is 29.4 Å². The number of primary amides is 1. The van der Waals surface area contributed by atoms with Gasteiger partial charge >= 0.3 is 0 Å². The van der Waals surface area contributed by atoms with Crippen molar-refractivity contribution in [3.8, 4) is 0 Å². The number of carbonyl (C=O) groups is 2. The van der Waals surface area contributed by atoms with E-state index in [2.05, 4.69) is 10.6 Å². The minimum absolute atomic E-state index is 0.151. The van der Waals surface area contributed by atoms with Crippen molar-refractivity contribution >= 4 is 29.1 Å². The molecule has 6 nitrogen and oxygen atoms in total. The van der Waals surface area contributed by atoms with Gasteiger partial charge in [0.2, 0.25) is 11.8 Å². The maximum Gasteiger partial charge on any atom is 0.248 e. The average molecular weight is 298 g/mol. The Hall–Kier alpha value is -1.63. The summed E-state index contributed by atoms with van der Waals surface area (Å²) in [6, 6.07) is 4.49. The Kier molecular flexibility index (Phi) is 4.94. The highest BCUT2D eigenvalue weighted by Gasteiger charge is 2.18. The molecular formula is C13H16ClN3O3. The monoisotopic (exact) mass is 297 g/mol. The van der Waals surface area contributed by atoms with Crippen LogP contribution in [0.15, 0.2) is 18.2 Å². The fourth-order valence-electron chi connectivity index (χ4n) is 1.93. The molecule has 0 spiro atoms. The summed E-state index contributed by atoms with van der Waals surface area (Å²) in [5.41, 5.74) is 5.85. The number of carbonyl (C=O) groups excluding carboxylic acids is 2. The van der Waals surface area contributed by atoms with Gasteiger partial charge in [-0.2, -0.15) is 0 Å². The van der Waals surface area contributed by atoms with Gasteiger partial charge in [0.25, 0.3) is 0 Å².